The second-order valence-corrected chi connectivity index (χ2v) is 14.9. The number of thioether (sulfide) groups is 8. The van der Waals surface area contributed by atoms with Crippen LogP contribution < -0.4 is 0 Å². The zero-order valence-corrected chi connectivity index (χ0v) is 17.0. The zero-order valence-electron chi connectivity index (χ0n) is 10.5. The predicted molar refractivity (Wildman–Crippen MR) is 107 cm³/mol. The number of alkyl halides is 2. The fraction of sp³-hybridized carbons (Fsp3) is 0.636. The summed E-state index contributed by atoms with van der Waals surface area (Å²) < 4.78 is 33.2. The molecule has 0 saturated carbocycles. The van der Waals surface area contributed by atoms with Crippen LogP contribution in [0, 0.1) is 0 Å². The molecule has 0 aliphatic carbocycles. The van der Waals surface area contributed by atoms with Crippen LogP contribution in [0.2, 0.25) is 0 Å². The predicted octanol–water partition coefficient (Wildman–Crippen LogP) is 6.45. The maximum atomic E-state index is 13.5. The first-order chi connectivity index (χ1) is 10.1. The van der Waals surface area contributed by atoms with Gasteiger partial charge in [0, 0.05) is 11.5 Å². The Balaban J connectivity index is 1.47. The molecule has 2 atom stereocenters. The van der Waals surface area contributed by atoms with Gasteiger partial charge in [-0.3, -0.25) is 0 Å². The van der Waals surface area contributed by atoms with Crippen molar-refractivity contribution in [3.63, 3.8) is 0 Å². The molecule has 0 nitrogen and oxygen atoms in total. The van der Waals surface area contributed by atoms with Crippen LogP contribution in [-0.2, 0) is 0 Å². The Labute approximate surface area is 156 Å². The van der Waals surface area contributed by atoms with Crippen molar-refractivity contribution >= 4 is 94.1 Å². The van der Waals surface area contributed by atoms with E-state index in [4.69, 9.17) is 0 Å². The summed E-state index contributed by atoms with van der Waals surface area (Å²) in [5.41, 5.74) is 0. The Kier molecular flexibility index (Phi) is 5.38. The second kappa shape index (κ2) is 6.80. The van der Waals surface area contributed by atoms with E-state index in [1.54, 1.807) is 0 Å². The number of hydrogen-bond acceptors (Lipinski definition) is 8. The van der Waals surface area contributed by atoms with E-state index in [-0.39, 0.29) is 20.7 Å². The highest BCUT2D eigenvalue weighted by molar-refractivity contribution is 8.44. The molecule has 4 rings (SSSR count). The van der Waals surface area contributed by atoms with E-state index in [2.05, 4.69) is 0 Å². The first kappa shape index (κ1) is 16.6. The van der Waals surface area contributed by atoms with Crippen LogP contribution in [0.3, 0.4) is 0 Å². The summed E-state index contributed by atoms with van der Waals surface area (Å²) in [4.78, 5) is 0. The van der Waals surface area contributed by atoms with Gasteiger partial charge in [-0.25, -0.2) is 8.78 Å². The van der Waals surface area contributed by atoms with Gasteiger partial charge in [0.15, 0.2) is 0 Å². The molecule has 4 aliphatic rings. The molecular weight excluding hydrogens is 427 g/mol. The lowest BCUT2D eigenvalue weighted by Crippen LogP contribution is -2.21. The summed E-state index contributed by atoms with van der Waals surface area (Å²) >= 11 is 14.2. The quantitative estimate of drug-likeness (QED) is 0.419. The van der Waals surface area contributed by atoms with Gasteiger partial charge in [0.05, 0.1) is 37.6 Å². The van der Waals surface area contributed by atoms with E-state index in [0.29, 0.717) is 0 Å². The average molecular weight is 437 g/mol. The molecule has 2 saturated heterocycles. The third kappa shape index (κ3) is 3.72. The molecule has 4 aliphatic heterocycles. The Bertz CT molecular complexity index is 476. The summed E-state index contributed by atoms with van der Waals surface area (Å²) in [6, 6.07) is 0. The summed E-state index contributed by atoms with van der Waals surface area (Å²) in [5, 5.41) is 0. The van der Waals surface area contributed by atoms with E-state index in [1.165, 1.54) is 52.0 Å². The lowest BCUT2D eigenvalue weighted by Gasteiger charge is -2.12. The van der Waals surface area contributed by atoms with Crippen LogP contribution in [-0.4, -0.2) is 38.1 Å². The fourth-order valence-corrected chi connectivity index (χ4v) is 15.3. The monoisotopic (exact) mass is 436 g/mol. The van der Waals surface area contributed by atoms with E-state index in [1.807, 2.05) is 70.6 Å². The highest BCUT2D eigenvalue weighted by atomic mass is 32.3. The van der Waals surface area contributed by atoms with E-state index >= 15 is 0 Å². The molecule has 0 aromatic heterocycles. The van der Waals surface area contributed by atoms with Gasteiger partial charge in [-0.2, -0.15) is 0 Å². The Morgan fingerprint density at radius 1 is 0.762 bits per heavy atom. The zero-order chi connectivity index (χ0) is 14.4. The van der Waals surface area contributed by atoms with Crippen molar-refractivity contribution in [1.82, 2.24) is 0 Å². The van der Waals surface area contributed by atoms with Crippen molar-refractivity contribution < 1.29 is 8.78 Å². The van der Waals surface area contributed by atoms with Gasteiger partial charge in [0.1, 0.15) is 0 Å². The van der Waals surface area contributed by atoms with Gasteiger partial charge in [-0.1, -0.05) is 23.5 Å². The number of hydrogen-bond donors (Lipinski definition) is 0. The Morgan fingerprint density at radius 2 is 1.29 bits per heavy atom. The average Bonchev–Trinajstić information content (AvgIpc) is 3.04. The van der Waals surface area contributed by atoms with E-state index < -0.39 is 5.92 Å². The van der Waals surface area contributed by atoms with Crippen LogP contribution in [0.15, 0.2) is 16.9 Å². The van der Waals surface area contributed by atoms with Crippen LogP contribution in [0.4, 0.5) is 8.78 Å². The lowest BCUT2D eigenvalue weighted by molar-refractivity contribution is 0.0551. The molecule has 2 unspecified atom stereocenters. The molecule has 0 spiro atoms. The van der Waals surface area contributed by atoms with Crippen LogP contribution in [0.5, 0.6) is 0 Å². The Morgan fingerprint density at radius 3 is 1.81 bits per heavy atom. The molecule has 0 aromatic rings. The molecule has 116 valence electrons. The lowest BCUT2D eigenvalue weighted by atomic mass is 10.5. The first-order valence-corrected chi connectivity index (χ1v) is 13.6. The normalized spacial score (nSPS) is 35.7. The first-order valence-electron chi connectivity index (χ1n) is 6.15. The summed E-state index contributed by atoms with van der Waals surface area (Å²) in [6.45, 7) is 0. The van der Waals surface area contributed by atoms with Gasteiger partial charge in [0.2, 0.25) is 0 Å². The fourth-order valence-electron chi connectivity index (χ4n) is 1.92. The molecule has 0 amide bonds. The Hall–Kier alpha value is 2.14. The molecule has 21 heavy (non-hydrogen) atoms. The minimum Gasteiger partial charge on any atom is -0.205 e. The van der Waals surface area contributed by atoms with Crippen molar-refractivity contribution in [2.24, 2.45) is 0 Å². The van der Waals surface area contributed by atoms with Gasteiger partial charge < -0.3 is 0 Å². The van der Waals surface area contributed by atoms with Gasteiger partial charge in [-0.05, 0) is 0 Å². The van der Waals surface area contributed by atoms with Crippen molar-refractivity contribution in [3.8, 4) is 0 Å². The van der Waals surface area contributed by atoms with Crippen molar-refractivity contribution in [2.45, 2.75) is 15.1 Å². The minimum absolute atomic E-state index is 0.0297. The van der Waals surface area contributed by atoms with Gasteiger partial charge in [0.25, 0.3) is 5.92 Å². The standard InChI is InChI=1S/C11H10F2S8/c12-11(13)3-16-7-8(17-4-11)21-10(20-7)9-18-5-6(19-9)15-2-1-14-5/h7-8H,1-4H2. The highest BCUT2D eigenvalue weighted by Gasteiger charge is 2.44. The SMILES string of the molecule is FC1(F)CSC2SC(=C3SC4=C(SCCS4)S3)SC2SC1. The molecule has 0 bridgehead atoms. The maximum Gasteiger partial charge on any atom is 0.265 e. The maximum absolute atomic E-state index is 13.5. The minimum atomic E-state index is -2.50. The number of halogens is 2. The summed E-state index contributed by atoms with van der Waals surface area (Å²) in [5.74, 6) is -0.160. The van der Waals surface area contributed by atoms with Gasteiger partial charge >= 0.3 is 0 Å². The molecular formula is C11H10F2S8. The topological polar surface area (TPSA) is 0 Å². The molecule has 10 heteroatoms. The van der Waals surface area contributed by atoms with Crippen LogP contribution in [0.25, 0.3) is 0 Å². The molecule has 0 N–H and O–H groups in total. The molecule has 0 aromatic carbocycles. The second-order valence-electron chi connectivity index (χ2n) is 4.50. The molecule has 4 heterocycles. The van der Waals surface area contributed by atoms with Crippen molar-refractivity contribution in [3.05, 3.63) is 16.9 Å². The molecule has 0 radical (unpaired) electrons. The van der Waals surface area contributed by atoms with E-state index in [0.717, 1.165) is 0 Å². The van der Waals surface area contributed by atoms with Gasteiger partial charge in [-0.15, -0.1) is 70.6 Å². The molecule has 2 fully saturated rings. The summed E-state index contributed by atoms with van der Waals surface area (Å²) in [7, 11) is 0. The number of rotatable bonds is 0. The third-order valence-electron chi connectivity index (χ3n) is 2.84. The number of fused-ring (bicyclic) bond motifs is 1. The van der Waals surface area contributed by atoms with Crippen molar-refractivity contribution in [1.29, 1.82) is 0 Å². The summed E-state index contributed by atoms with van der Waals surface area (Å²) in [6.07, 6.45) is 0. The third-order valence-corrected chi connectivity index (χ3v) is 16.0. The van der Waals surface area contributed by atoms with Crippen LogP contribution >= 0.6 is 94.1 Å². The smallest absolute Gasteiger partial charge is 0.205 e. The van der Waals surface area contributed by atoms with Crippen LogP contribution in [0.1, 0.15) is 0 Å². The van der Waals surface area contributed by atoms with Crippen molar-refractivity contribution in [2.75, 3.05) is 23.0 Å². The highest BCUT2D eigenvalue weighted by Crippen LogP contribution is 2.66. The largest absolute Gasteiger partial charge is 0.265 e. The van der Waals surface area contributed by atoms with E-state index in [9.17, 15) is 8.78 Å².